The molecule has 0 saturated heterocycles. The van der Waals surface area contributed by atoms with Crippen LogP contribution in [0.1, 0.15) is 45.3 Å². The van der Waals surface area contributed by atoms with Crippen LogP contribution >= 0.6 is 27.7 Å². The molecule has 3 nitrogen and oxygen atoms in total. The van der Waals surface area contributed by atoms with Gasteiger partial charge in [0.15, 0.2) is 0 Å². The van der Waals surface area contributed by atoms with E-state index in [1.165, 1.54) is 12.1 Å². The number of hydrogen-bond donors (Lipinski definition) is 1. The molecule has 1 aromatic heterocycles. The zero-order chi connectivity index (χ0) is 13.5. The number of hydrogen-bond acceptors (Lipinski definition) is 3. The molecule has 2 atom stereocenters. The minimum Gasteiger partial charge on any atom is -0.308 e. The standard InChI is InChI=1S/C13H24BrN3S/c1-5-7-15-12(9-18-10(3)6-2)13-11(14)8-16-17(13)4/h8,10,12,15H,5-7,9H2,1-4H3. The number of aromatic nitrogens is 2. The van der Waals surface area contributed by atoms with E-state index >= 15 is 0 Å². The van der Waals surface area contributed by atoms with Crippen molar-refractivity contribution < 1.29 is 0 Å². The number of rotatable bonds is 8. The van der Waals surface area contributed by atoms with Crippen LogP contribution in [0, 0.1) is 0 Å². The van der Waals surface area contributed by atoms with E-state index in [-0.39, 0.29) is 0 Å². The van der Waals surface area contributed by atoms with E-state index in [4.69, 9.17) is 0 Å². The van der Waals surface area contributed by atoms with E-state index in [1.807, 2.05) is 29.7 Å². The topological polar surface area (TPSA) is 29.9 Å². The predicted molar refractivity (Wildman–Crippen MR) is 84.2 cm³/mol. The fourth-order valence-electron chi connectivity index (χ4n) is 1.74. The van der Waals surface area contributed by atoms with Gasteiger partial charge in [0.05, 0.1) is 22.4 Å². The molecule has 0 spiro atoms. The van der Waals surface area contributed by atoms with Crippen LogP contribution in [0.15, 0.2) is 10.7 Å². The van der Waals surface area contributed by atoms with Gasteiger partial charge >= 0.3 is 0 Å². The maximum atomic E-state index is 4.31. The lowest BCUT2D eigenvalue weighted by Crippen LogP contribution is -2.27. The van der Waals surface area contributed by atoms with E-state index in [9.17, 15) is 0 Å². The lowest BCUT2D eigenvalue weighted by Gasteiger charge is -2.21. The highest BCUT2D eigenvalue weighted by atomic mass is 79.9. The van der Waals surface area contributed by atoms with Crippen LogP contribution < -0.4 is 5.32 Å². The molecule has 0 aromatic carbocycles. The molecule has 0 bridgehead atoms. The normalized spacial score (nSPS) is 14.7. The Balaban J connectivity index is 2.71. The minimum atomic E-state index is 0.367. The van der Waals surface area contributed by atoms with E-state index in [2.05, 4.69) is 47.1 Å². The zero-order valence-corrected chi connectivity index (χ0v) is 14.1. The van der Waals surface area contributed by atoms with Crippen molar-refractivity contribution in [2.24, 2.45) is 7.05 Å². The SMILES string of the molecule is CCCNC(CSC(C)CC)c1c(Br)cnn1C. The summed E-state index contributed by atoms with van der Waals surface area (Å²) in [6.45, 7) is 7.78. The molecule has 104 valence electrons. The maximum absolute atomic E-state index is 4.31. The van der Waals surface area contributed by atoms with Crippen molar-refractivity contribution in [3.63, 3.8) is 0 Å². The third kappa shape index (κ3) is 4.59. The second-order valence-corrected chi connectivity index (χ2v) is 6.89. The highest BCUT2D eigenvalue weighted by Gasteiger charge is 2.19. The Kier molecular flexibility index (Phi) is 7.34. The van der Waals surface area contributed by atoms with Crippen LogP contribution in [0.3, 0.4) is 0 Å². The van der Waals surface area contributed by atoms with Crippen LogP contribution in [0.2, 0.25) is 0 Å². The highest BCUT2D eigenvalue weighted by Crippen LogP contribution is 2.27. The molecule has 0 aliphatic rings. The van der Waals surface area contributed by atoms with E-state index in [0.717, 1.165) is 23.2 Å². The second-order valence-electron chi connectivity index (χ2n) is 4.56. The number of aryl methyl sites for hydroxylation is 1. The predicted octanol–water partition coefficient (Wildman–Crippen LogP) is 3.76. The molecule has 0 aliphatic carbocycles. The van der Waals surface area contributed by atoms with Gasteiger partial charge in [-0.15, -0.1) is 0 Å². The molecule has 0 saturated carbocycles. The van der Waals surface area contributed by atoms with Gasteiger partial charge in [0.25, 0.3) is 0 Å². The lowest BCUT2D eigenvalue weighted by molar-refractivity contribution is 0.532. The van der Waals surface area contributed by atoms with Crippen molar-refractivity contribution >= 4 is 27.7 Å². The largest absolute Gasteiger partial charge is 0.308 e. The van der Waals surface area contributed by atoms with E-state index in [0.29, 0.717) is 11.3 Å². The van der Waals surface area contributed by atoms with Crippen LogP contribution in [0.25, 0.3) is 0 Å². The first-order chi connectivity index (χ1) is 8.60. The third-order valence-electron chi connectivity index (χ3n) is 3.03. The highest BCUT2D eigenvalue weighted by molar-refractivity contribution is 9.10. The summed E-state index contributed by atoms with van der Waals surface area (Å²) in [7, 11) is 2.01. The van der Waals surface area contributed by atoms with Crippen LogP contribution in [0.4, 0.5) is 0 Å². The quantitative estimate of drug-likeness (QED) is 0.785. The molecule has 1 aromatic rings. The average Bonchev–Trinajstić information content (AvgIpc) is 2.69. The molecule has 1 N–H and O–H groups in total. The number of halogens is 1. The first-order valence-corrected chi connectivity index (χ1v) is 8.46. The fourth-order valence-corrected chi connectivity index (χ4v) is 3.40. The van der Waals surface area contributed by atoms with Gasteiger partial charge in [-0.25, -0.2) is 0 Å². The maximum Gasteiger partial charge on any atom is 0.0700 e. The molecule has 1 rings (SSSR count). The monoisotopic (exact) mass is 333 g/mol. The number of nitrogens with zero attached hydrogens (tertiary/aromatic N) is 2. The molecule has 0 aliphatic heterocycles. The van der Waals surface area contributed by atoms with E-state index in [1.54, 1.807) is 0 Å². The molecular weight excluding hydrogens is 310 g/mol. The summed E-state index contributed by atoms with van der Waals surface area (Å²) in [5.74, 6) is 1.09. The zero-order valence-electron chi connectivity index (χ0n) is 11.7. The summed E-state index contributed by atoms with van der Waals surface area (Å²) in [6, 6.07) is 0.367. The Morgan fingerprint density at radius 2 is 2.22 bits per heavy atom. The summed E-state index contributed by atoms with van der Waals surface area (Å²) in [5.41, 5.74) is 1.25. The molecule has 0 amide bonds. The minimum absolute atomic E-state index is 0.367. The second kappa shape index (κ2) is 8.23. The van der Waals surface area contributed by atoms with Gasteiger partial charge in [0, 0.05) is 18.1 Å². The van der Waals surface area contributed by atoms with Crippen molar-refractivity contribution in [3.8, 4) is 0 Å². The van der Waals surface area contributed by atoms with Crippen molar-refractivity contribution in [2.75, 3.05) is 12.3 Å². The smallest absolute Gasteiger partial charge is 0.0700 e. The lowest BCUT2D eigenvalue weighted by atomic mass is 10.2. The van der Waals surface area contributed by atoms with E-state index < -0.39 is 0 Å². The fraction of sp³-hybridized carbons (Fsp3) is 0.769. The van der Waals surface area contributed by atoms with Crippen LogP contribution in [-0.4, -0.2) is 27.3 Å². The van der Waals surface area contributed by atoms with Crippen molar-refractivity contribution in [1.29, 1.82) is 0 Å². The Morgan fingerprint density at radius 1 is 1.50 bits per heavy atom. The Morgan fingerprint density at radius 3 is 2.72 bits per heavy atom. The third-order valence-corrected chi connectivity index (χ3v) is 5.07. The van der Waals surface area contributed by atoms with Gasteiger partial charge in [-0.3, -0.25) is 4.68 Å². The Labute approximate surface area is 123 Å². The van der Waals surface area contributed by atoms with Gasteiger partial charge in [0.1, 0.15) is 0 Å². The van der Waals surface area contributed by atoms with Crippen molar-refractivity contribution in [2.45, 2.75) is 44.9 Å². The average molecular weight is 334 g/mol. The molecular formula is C13H24BrN3S. The first-order valence-electron chi connectivity index (χ1n) is 6.62. The van der Waals surface area contributed by atoms with Gasteiger partial charge < -0.3 is 5.32 Å². The molecule has 0 fully saturated rings. The Hall–Kier alpha value is 0. The molecule has 2 unspecified atom stereocenters. The summed E-state index contributed by atoms with van der Waals surface area (Å²) in [4.78, 5) is 0. The molecule has 5 heteroatoms. The first kappa shape index (κ1) is 16.1. The molecule has 18 heavy (non-hydrogen) atoms. The Bertz CT molecular complexity index is 335. The van der Waals surface area contributed by atoms with Gasteiger partial charge in [-0.05, 0) is 35.3 Å². The summed E-state index contributed by atoms with van der Waals surface area (Å²) < 4.78 is 3.07. The number of thioether (sulfide) groups is 1. The van der Waals surface area contributed by atoms with Gasteiger partial charge in [0.2, 0.25) is 0 Å². The number of nitrogens with one attached hydrogen (secondary N) is 1. The molecule has 0 radical (unpaired) electrons. The van der Waals surface area contributed by atoms with Crippen LogP contribution in [-0.2, 0) is 7.05 Å². The van der Waals surface area contributed by atoms with Crippen LogP contribution in [0.5, 0.6) is 0 Å². The molecule has 1 heterocycles. The summed E-state index contributed by atoms with van der Waals surface area (Å²) >= 11 is 5.63. The van der Waals surface area contributed by atoms with Gasteiger partial charge in [-0.1, -0.05) is 20.8 Å². The summed E-state index contributed by atoms with van der Waals surface area (Å²) in [5, 5.41) is 8.65. The van der Waals surface area contributed by atoms with Gasteiger partial charge in [-0.2, -0.15) is 16.9 Å². The summed E-state index contributed by atoms with van der Waals surface area (Å²) in [6.07, 6.45) is 4.25. The van der Waals surface area contributed by atoms with Crippen molar-refractivity contribution in [1.82, 2.24) is 15.1 Å². The van der Waals surface area contributed by atoms with Crippen molar-refractivity contribution in [3.05, 3.63) is 16.4 Å².